The van der Waals surface area contributed by atoms with Crippen molar-refractivity contribution in [2.24, 2.45) is 17.8 Å². The van der Waals surface area contributed by atoms with Gasteiger partial charge in [-0.15, -0.1) is 9.24 Å². The van der Waals surface area contributed by atoms with E-state index in [0.29, 0.717) is 0 Å². The fourth-order valence-electron chi connectivity index (χ4n) is 3.13. The van der Waals surface area contributed by atoms with Crippen LogP contribution < -0.4 is 0 Å². The van der Waals surface area contributed by atoms with Crippen LogP contribution in [0.1, 0.15) is 58.3 Å². The summed E-state index contributed by atoms with van der Waals surface area (Å²) >= 11 is 0. The van der Waals surface area contributed by atoms with Crippen molar-refractivity contribution in [1.29, 1.82) is 0 Å². The molecule has 0 heterocycles. The minimum atomic E-state index is 0.899. The monoisotopic (exact) mass is 238 g/mol. The van der Waals surface area contributed by atoms with Crippen LogP contribution in [0.25, 0.3) is 0 Å². The van der Waals surface area contributed by atoms with Gasteiger partial charge in [-0.25, -0.2) is 0 Å². The molecule has 92 valence electrons. The molecule has 0 aromatic rings. The fourth-order valence-corrected chi connectivity index (χ4v) is 3.51. The first-order valence-electron chi connectivity index (χ1n) is 7.18. The van der Waals surface area contributed by atoms with Crippen LogP contribution in [-0.2, 0) is 0 Å². The minimum Gasteiger partial charge on any atom is -0.134 e. The van der Waals surface area contributed by atoms with Crippen molar-refractivity contribution in [3.05, 3.63) is 12.2 Å². The van der Waals surface area contributed by atoms with E-state index in [0.717, 1.165) is 23.4 Å². The Labute approximate surface area is 103 Å². The fraction of sp³-hybridized carbons (Fsp3) is 0.867. The van der Waals surface area contributed by atoms with Gasteiger partial charge in [0.05, 0.1) is 0 Å². The first kappa shape index (κ1) is 12.6. The van der Waals surface area contributed by atoms with E-state index in [9.17, 15) is 0 Å². The van der Waals surface area contributed by atoms with E-state index in [4.69, 9.17) is 0 Å². The lowest BCUT2D eigenvalue weighted by Gasteiger charge is -2.26. The van der Waals surface area contributed by atoms with E-state index in [2.05, 4.69) is 28.3 Å². The number of allylic oxidation sites excluding steroid dienone is 2. The highest BCUT2D eigenvalue weighted by Crippen LogP contribution is 2.32. The summed E-state index contributed by atoms with van der Waals surface area (Å²) in [4.78, 5) is 0. The van der Waals surface area contributed by atoms with Crippen LogP contribution in [0.5, 0.6) is 0 Å². The van der Waals surface area contributed by atoms with Crippen molar-refractivity contribution >= 4 is 9.24 Å². The Bertz CT molecular complexity index is 194. The van der Waals surface area contributed by atoms with Gasteiger partial charge in [0.15, 0.2) is 0 Å². The van der Waals surface area contributed by atoms with Gasteiger partial charge in [0.25, 0.3) is 0 Å². The van der Waals surface area contributed by atoms with Crippen LogP contribution in [0, 0.1) is 17.8 Å². The van der Waals surface area contributed by atoms with Crippen LogP contribution in [0.2, 0.25) is 0 Å². The Morgan fingerprint density at radius 2 is 1.19 bits per heavy atom. The molecule has 0 amide bonds. The summed E-state index contributed by atoms with van der Waals surface area (Å²) in [6.07, 6.45) is 16.6. The molecule has 0 spiro atoms. The van der Waals surface area contributed by atoms with Crippen LogP contribution in [0.15, 0.2) is 12.2 Å². The molecule has 0 bridgehead atoms. The van der Waals surface area contributed by atoms with Gasteiger partial charge in [-0.3, -0.25) is 0 Å². The topological polar surface area (TPSA) is 0 Å². The predicted molar refractivity (Wildman–Crippen MR) is 75.7 cm³/mol. The molecule has 1 heteroatoms. The van der Waals surface area contributed by atoms with Crippen molar-refractivity contribution in [2.45, 2.75) is 63.9 Å². The van der Waals surface area contributed by atoms with Crippen molar-refractivity contribution in [3.63, 3.8) is 0 Å². The maximum absolute atomic E-state index is 2.99. The Morgan fingerprint density at radius 1 is 0.750 bits per heavy atom. The molecule has 16 heavy (non-hydrogen) atoms. The molecule has 0 aromatic carbocycles. The maximum Gasteiger partial charge on any atom is -0.0233 e. The number of hydrogen-bond donors (Lipinski definition) is 0. The normalized spacial score (nSPS) is 41.4. The molecule has 0 radical (unpaired) electrons. The van der Waals surface area contributed by atoms with Crippen LogP contribution in [0.4, 0.5) is 0 Å². The van der Waals surface area contributed by atoms with E-state index in [1.54, 1.807) is 0 Å². The second kappa shape index (κ2) is 6.20. The van der Waals surface area contributed by atoms with Crippen LogP contribution in [-0.4, -0.2) is 5.66 Å². The van der Waals surface area contributed by atoms with Gasteiger partial charge < -0.3 is 0 Å². The summed E-state index contributed by atoms with van der Waals surface area (Å²) in [5.41, 5.74) is 0.903. The quantitative estimate of drug-likeness (QED) is 0.478. The first-order chi connectivity index (χ1) is 7.74. The maximum atomic E-state index is 2.99. The molecule has 2 rings (SSSR count). The second-order valence-corrected chi connectivity index (χ2v) is 7.02. The zero-order valence-corrected chi connectivity index (χ0v) is 11.9. The lowest BCUT2D eigenvalue weighted by atomic mass is 9.81. The summed E-state index contributed by atoms with van der Waals surface area (Å²) in [6.45, 7) is 2.40. The van der Waals surface area contributed by atoms with Gasteiger partial charge >= 0.3 is 0 Å². The van der Waals surface area contributed by atoms with E-state index in [-0.39, 0.29) is 0 Å². The highest BCUT2D eigenvalue weighted by atomic mass is 31.0. The van der Waals surface area contributed by atoms with Gasteiger partial charge in [0, 0.05) is 0 Å². The van der Waals surface area contributed by atoms with E-state index >= 15 is 0 Å². The smallest absolute Gasteiger partial charge is 0.0233 e. The molecule has 2 fully saturated rings. The Balaban J connectivity index is 1.72. The summed E-state index contributed by atoms with van der Waals surface area (Å²) in [6, 6.07) is 0. The largest absolute Gasteiger partial charge is 0.134 e. The highest BCUT2D eigenvalue weighted by molar-refractivity contribution is 7.17. The summed E-state index contributed by atoms with van der Waals surface area (Å²) in [5, 5.41) is 0. The zero-order chi connectivity index (χ0) is 11.4. The lowest BCUT2D eigenvalue weighted by molar-refractivity contribution is 0.328. The lowest BCUT2D eigenvalue weighted by Crippen LogP contribution is -2.13. The molecule has 2 aliphatic rings. The summed E-state index contributed by atoms with van der Waals surface area (Å²) in [7, 11) is 2.99. The molecule has 0 aromatic heterocycles. The molecule has 2 aliphatic carbocycles. The van der Waals surface area contributed by atoms with E-state index < -0.39 is 0 Å². The Hall–Kier alpha value is 0.170. The van der Waals surface area contributed by atoms with Gasteiger partial charge in [0.2, 0.25) is 0 Å². The first-order valence-corrected chi connectivity index (χ1v) is 7.84. The number of hydrogen-bond acceptors (Lipinski definition) is 0. The second-order valence-electron chi connectivity index (χ2n) is 6.08. The van der Waals surface area contributed by atoms with Crippen molar-refractivity contribution in [1.82, 2.24) is 0 Å². The van der Waals surface area contributed by atoms with Gasteiger partial charge in [-0.2, -0.15) is 0 Å². The highest BCUT2D eigenvalue weighted by Gasteiger charge is 2.18. The van der Waals surface area contributed by atoms with Crippen molar-refractivity contribution < 1.29 is 0 Å². The molecular weight excluding hydrogens is 211 g/mol. The molecule has 0 nitrogen and oxygen atoms in total. The van der Waals surface area contributed by atoms with Gasteiger partial charge in [0.1, 0.15) is 0 Å². The Kier molecular flexibility index (Phi) is 4.89. The molecule has 0 aliphatic heterocycles. The van der Waals surface area contributed by atoms with Crippen molar-refractivity contribution in [2.75, 3.05) is 0 Å². The third-order valence-electron chi connectivity index (χ3n) is 4.53. The van der Waals surface area contributed by atoms with Crippen LogP contribution in [0.3, 0.4) is 0 Å². The average Bonchev–Trinajstić information content (AvgIpc) is 2.30. The predicted octanol–water partition coefficient (Wildman–Crippen LogP) is 4.80. The third kappa shape index (κ3) is 3.88. The average molecular weight is 238 g/mol. The number of rotatable bonds is 2. The molecule has 0 N–H and O–H groups in total. The Morgan fingerprint density at radius 3 is 1.69 bits per heavy atom. The molecule has 0 saturated heterocycles. The third-order valence-corrected chi connectivity index (χ3v) is 5.20. The summed E-state index contributed by atoms with van der Waals surface area (Å²) in [5.74, 6) is 2.79. The molecule has 1 unspecified atom stereocenters. The van der Waals surface area contributed by atoms with Gasteiger partial charge in [-0.05, 0) is 61.9 Å². The molecule has 1 atom stereocenters. The van der Waals surface area contributed by atoms with Crippen LogP contribution >= 0.6 is 9.24 Å². The van der Waals surface area contributed by atoms with Gasteiger partial charge in [-0.1, -0.05) is 31.9 Å². The van der Waals surface area contributed by atoms with Crippen molar-refractivity contribution in [3.8, 4) is 0 Å². The molecular formula is C15H27P. The standard InChI is InChI=1S/C15H27P/c1-12-2-4-13(5-3-12)6-7-14-8-10-15(16)11-9-14/h6-7,12-15H,2-5,8-11,16H2,1H3/b7-6+. The molecule has 2 saturated carbocycles. The van der Waals surface area contributed by atoms with E-state index in [1.165, 1.54) is 51.4 Å². The minimum absolute atomic E-state index is 0.899. The summed E-state index contributed by atoms with van der Waals surface area (Å²) < 4.78 is 0. The van der Waals surface area contributed by atoms with E-state index in [1.807, 2.05) is 0 Å². The SMILES string of the molecule is CC1CCC(/C=C/C2CCC(P)CC2)CC1. The zero-order valence-electron chi connectivity index (χ0n) is 10.7.